The first-order chi connectivity index (χ1) is 5.28. The fourth-order valence-corrected chi connectivity index (χ4v) is 1.77. The van der Waals surface area contributed by atoms with Crippen molar-refractivity contribution in [3.8, 4) is 0 Å². The number of hydrogen-bond donors (Lipinski definition) is 1. The molecular weight excluding hydrogens is 208 g/mol. The van der Waals surface area contributed by atoms with Crippen molar-refractivity contribution in [1.82, 2.24) is 10.2 Å². The highest BCUT2D eigenvalue weighted by atomic mass is 79.9. The Balaban J connectivity index is 2.43. The average Bonchev–Trinajstić information content (AvgIpc) is 2.70. The predicted octanol–water partition coefficient (Wildman–Crippen LogP) is 1.40. The highest BCUT2D eigenvalue weighted by Gasteiger charge is 2.46. The van der Waals surface area contributed by atoms with Gasteiger partial charge in [0.15, 0.2) is 0 Å². The summed E-state index contributed by atoms with van der Waals surface area (Å²) in [4.78, 5) is 10.7. The summed E-state index contributed by atoms with van der Waals surface area (Å²) in [5.74, 6) is 0. The molecule has 2 rings (SSSR count). The van der Waals surface area contributed by atoms with E-state index in [-0.39, 0.29) is 5.41 Å². The number of carbonyl (C=O) groups excluding carboxylic acids is 1. The molecule has 11 heavy (non-hydrogen) atoms. The van der Waals surface area contributed by atoms with Crippen LogP contribution in [0.3, 0.4) is 0 Å². The van der Waals surface area contributed by atoms with Crippen molar-refractivity contribution in [1.29, 1.82) is 0 Å². The maximum atomic E-state index is 10.7. The highest BCUT2D eigenvalue weighted by molar-refractivity contribution is 9.10. The van der Waals surface area contributed by atoms with Crippen LogP contribution in [0.5, 0.6) is 0 Å². The van der Waals surface area contributed by atoms with Gasteiger partial charge in [-0.15, -0.1) is 0 Å². The lowest BCUT2D eigenvalue weighted by Crippen LogP contribution is -2.08. The van der Waals surface area contributed by atoms with Gasteiger partial charge in [-0.25, -0.2) is 0 Å². The van der Waals surface area contributed by atoms with Gasteiger partial charge >= 0.3 is 0 Å². The second-order valence-corrected chi connectivity index (χ2v) is 3.72. The summed E-state index contributed by atoms with van der Waals surface area (Å²) in [6.07, 6.45) is 4.57. The van der Waals surface area contributed by atoms with E-state index in [0.29, 0.717) is 0 Å². The lowest BCUT2D eigenvalue weighted by molar-refractivity contribution is -0.110. The maximum Gasteiger partial charge on any atom is 0.132 e. The molecule has 1 aliphatic carbocycles. The van der Waals surface area contributed by atoms with Gasteiger partial charge in [0.2, 0.25) is 0 Å². The zero-order valence-corrected chi connectivity index (χ0v) is 7.39. The smallest absolute Gasteiger partial charge is 0.132 e. The van der Waals surface area contributed by atoms with Gasteiger partial charge < -0.3 is 4.79 Å². The number of aromatic nitrogens is 2. The Labute approximate surface area is 72.3 Å². The van der Waals surface area contributed by atoms with Crippen LogP contribution in [0.1, 0.15) is 18.5 Å². The summed E-state index contributed by atoms with van der Waals surface area (Å²) in [7, 11) is 0. The van der Waals surface area contributed by atoms with Gasteiger partial charge in [0.05, 0.1) is 21.8 Å². The molecule has 4 heteroatoms. The number of nitrogens with one attached hydrogen (secondary N) is 1. The van der Waals surface area contributed by atoms with Crippen LogP contribution >= 0.6 is 15.9 Å². The van der Waals surface area contributed by atoms with Crippen LogP contribution in [0.15, 0.2) is 10.7 Å². The molecular formula is C7H7BrN2O. The van der Waals surface area contributed by atoms with Crippen molar-refractivity contribution >= 4 is 22.2 Å². The number of hydrogen-bond acceptors (Lipinski definition) is 2. The monoisotopic (exact) mass is 214 g/mol. The Bertz CT molecular complexity index is 290. The Morgan fingerprint density at radius 3 is 2.82 bits per heavy atom. The minimum atomic E-state index is -0.241. The van der Waals surface area contributed by atoms with Crippen molar-refractivity contribution in [3.63, 3.8) is 0 Å². The zero-order chi connectivity index (χ0) is 7.90. The molecule has 1 aliphatic rings. The molecule has 3 nitrogen and oxygen atoms in total. The summed E-state index contributed by atoms with van der Waals surface area (Å²) in [5, 5.41) is 6.68. The summed E-state index contributed by atoms with van der Waals surface area (Å²) >= 11 is 3.33. The van der Waals surface area contributed by atoms with Crippen LogP contribution in [-0.2, 0) is 10.2 Å². The molecule has 1 aromatic heterocycles. The van der Waals surface area contributed by atoms with E-state index in [1.54, 1.807) is 6.20 Å². The minimum absolute atomic E-state index is 0.241. The SMILES string of the molecule is O=CC1(c2[nH]ncc2Br)CC1. The zero-order valence-electron chi connectivity index (χ0n) is 5.80. The Morgan fingerprint density at radius 2 is 2.45 bits per heavy atom. The Kier molecular flexibility index (Phi) is 1.39. The molecule has 0 atom stereocenters. The van der Waals surface area contributed by atoms with Crippen molar-refractivity contribution in [3.05, 3.63) is 16.4 Å². The third kappa shape index (κ3) is 0.929. The number of aromatic amines is 1. The van der Waals surface area contributed by atoms with E-state index in [1.165, 1.54) is 0 Å². The van der Waals surface area contributed by atoms with E-state index in [9.17, 15) is 4.79 Å². The lowest BCUT2D eigenvalue weighted by Gasteiger charge is -2.02. The van der Waals surface area contributed by atoms with Crippen LogP contribution in [0.2, 0.25) is 0 Å². The van der Waals surface area contributed by atoms with Gasteiger partial charge in [0.25, 0.3) is 0 Å². The second-order valence-electron chi connectivity index (χ2n) is 2.87. The van der Waals surface area contributed by atoms with E-state index in [1.807, 2.05) is 0 Å². The first kappa shape index (κ1) is 7.03. The number of carbonyl (C=O) groups is 1. The fourth-order valence-electron chi connectivity index (χ4n) is 1.18. The molecule has 0 spiro atoms. The predicted molar refractivity (Wildman–Crippen MR) is 43.3 cm³/mol. The normalized spacial score (nSPS) is 19.7. The molecule has 1 fully saturated rings. The maximum absolute atomic E-state index is 10.7. The minimum Gasteiger partial charge on any atom is -0.302 e. The van der Waals surface area contributed by atoms with E-state index in [2.05, 4.69) is 26.1 Å². The van der Waals surface area contributed by atoms with Gasteiger partial charge in [-0.3, -0.25) is 5.10 Å². The fraction of sp³-hybridized carbons (Fsp3) is 0.429. The molecule has 0 unspecified atom stereocenters. The van der Waals surface area contributed by atoms with Gasteiger partial charge in [-0.1, -0.05) is 0 Å². The van der Waals surface area contributed by atoms with Gasteiger partial charge in [0, 0.05) is 0 Å². The number of nitrogens with zero attached hydrogens (tertiary/aromatic N) is 1. The van der Waals surface area contributed by atoms with Crippen LogP contribution in [0.4, 0.5) is 0 Å². The number of halogens is 1. The molecule has 1 heterocycles. The summed E-state index contributed by atoms with van der Waals surface area (Å²) in [5.41, 5.74) is 0.683. The topological polar surface area (TPSA) is 45.8 Å². The molecule has 0 saturated heterocycles. The van der Waals surface area contributed by atoms with E-state index in [0.717, 1.165) is 29.3 Å². The molecule has 0 bridgehead atoms. The van der Waals surface area contributed by atoms with Gasteiger partial charge in [0.1, 0.15) is 6.29 Å². The van der Waals surface area contributed by atoms with Crippen molar-refractivity contribution < 1.29 is 4.79 Å². The van der Waals surface area contributed by atoms with Crippen LogP contribution in [0, 0.1) is 0 Å². The van der Waals surface area contributed by atoms with Crippen molar-refractivity contribution in [2.24, 2.45) is 0 Å². The molecule has 58 valence electrons. The quantitative estimate of drug-likeness (QED) is 0.758. The average molecular weight is 215 g/mol. The van der Waals surface area contributed by atoms with E-state index >= 15 is 0 Å². The number of rotatable bonds is 2. The lowest BCUT2D eigenvalue weighted by atomic mass is 10.1. The van der Waals surface area contributed by atoms with Crippen LogP contribution in [0.25, 0.3) is 0 Å². The first-order valence-corrected chi connectivity index (χ1v) is 4.23. The van der Waals surface area contributed by atoms with E-state index in [4.69, 9.17) is 0 Å². The molecule has 0 aromatic carbocycles. The molecule has 0 aliphatic heterocycles. The van der Waals surface area contributed by atoms with Crippen molar-refractivity contribution in [2.45, 2.75) is 18.3 Å². The molecule has 1 N–H and O–H groups in total. The molecule has 0 radical (unpaired) electrons. The number of aldehydes is 1. The largest absolute Gasteiger partial charge is 0.302 e. The summed E-state index contributed by atoms with van der Waals surface area (Å²) in [6.45, 7) is 0. The Morgan fingerprint density at radius 1 is 1.73 bits per heavy atom. The van der Waals surface area contributed by atoms with E-state index < -0.39 is 0 Å². The molecule has 1 aromatic rings. The first-order valence-electron chi connectivity index (χ1n) is 3.44. The van der Waals surface area contributed by atoms with Crippen LogP contribution < -0.4 is 0 Å². The summed E-state index contributed by atoms with van der Waals surface area (Å²) in [6, 6.07) is 0. The highest BCUT2D eigenvalue weighted by Crippen LogP contribution is 2.47. The molecule has 1 saturated carbocycles. The van der Waals surface area contributed by atoms with Crippen molar-refractivity contribution in [2.75, 3.05) is 0 Å². The Hall–Kier alpha value is -0.640. The second kappa shape index (κ2) is 2.17. The third-order valence-corrected chi connectivity index (χ3v) is 2.71. The van der Waals surface area contributed by atoms with Crippen LogP contribution in [-0.4, -0.2) is 16.5 Å². The number of H-pyrrole nitrogens is 1. The third-order valence-electron chi connectivity index (χ3n) is 2.11. The van der Waals surface area contributed by atoms with Gasteiger partial charge in [-0.2, -0.15) is 5.10 Å². The summed E-state index contributed by atoms with van der Waals surface area (Å²) < 4.78 is 0.905. The standard InChI is InChI=1S/C7H7BrN2O/c8-5-3-9-10-6(5)7(4-11)1-2-7/h3-4H,1-2H2,(H,9,10). The van der Waals surface area contributed by atoms with Gasteiger partial charge in [-0.05, 0) is 28.8 Å². The molecule has 0 amide bonds.